The Hall–Kier alpha value is -5.63. The molecule has 0 spiro atoms. The molecule has 276 valence electrons. The number of imidazole rings is 2. The summed E-state index contributed by atoms with van der Waals surface area (Å²) in [6.45, 7) is 5.69. The molecule has 8 rings (SSSR count). The number of methoxy groups -OCH3 is 2. The summed E-state index contributed by atoms with van der Waals surface area (Å²) in [7, 11) is 2.92. The predicted octanol–water partition coefficient (Wildman–Crippen LogP) is 6.40. The van der Waals surface area contributed by atoms with E-state index in [1.165, 1.54) is 12.0 Å². The van der Waals surface area contributed by atoms with E-state index in [2.05, 4.69) is 56.7 Å². The Labute approximate surface area is 305 Å². The molecule has 14 heteroatoms. The number of hydrogen-bond donors (Lipinski definition) is 4. The molecule has 14 nitrogen and oxygen atoms in total. The number of benzene rings is 3. The molecule has 2 fully saturated rings. The molecule has 0 bridgehead atoms. The molecule has 3 amide bonds. The number of carboxylic acid groups (broad SMARTS) is 1. The van der Waals surface area contributed by atoms with Gasteiger partial charge in [0.15, 0.2) is 0 Å². The van der Waals surface area contributed by atoms with Crippen LogP contribution in [0.25, 0.3) is 44.2 Å². The quantitative estimate of drug-likeness (QED) is 0.141. The second-order valence-electron chi connectivity index (χ2n) is 14.5. The molecule has 2 aromatic heterocycles. The van der Waals surface area contributed by atoms with E-state index >= 15 is 0 Å². The lowest BCUT2D eigenvalue weighted by Gasteiger charge is -2.29. The zero-order chi connectivity index (χ0) is 37.0. The first-order chi connectivity index (χ1) is 25.6. The highest BCUT2D eigenvalue weighted by molar-refractivity contribution is 6.07. The molecular formula is C39H43N7O7. The normalized spacial score (nSPS) is 20.1. The van der Waals surface area contributed by atoms with Crippen LogP contribution in [-0.4, -0.2) is 92.9 Å². The summed E-state index contributed by atoms with van der Waals surface area (Å²) >= 11 is 0. The average Bonchev–Trinajstić information content (AvgIpc) is 3.98. The lowest BCUT2D eigenvalue weighted by atomic mass is 9.92. The second-order valence-corrected chi connectivity index (χ2v) is 14.5. The number of rotatable bonds is 8. The lowest BCUT2D eigenvalue weighted by Crippen LogP contribution is -2.51. The van der Waals surface area contributed by atoms with Gasteiger partial charge >= 0.3 is 12.2 Å². The number of H-pyrrole nitrogens is 2. The van der Waals surface area contributed by atoms with Crippen LogP contribution >= 0.6 is 0 Å². The van der Waals surface area contributed by atoms with Gasteiger partial charge in [-0.3, -0.25) is 9.69 Å². The van der Waals surface area contributed by atoms with Gasteiger partial charge in [0.05, 0.1) is 48.7 Å². The maximum absolute atomic E-state index is 13.7. The second kappa shape index (κ2) is 13.7. The number of ether oxygens (including phenoxy) is 3. The number of aromatic amines is 2. The fourth-order valence-electron chi connectivity index (χ4n) is 8.23. The molecule has 2 saturated heterocycles. The number of alkyl carbamates (subject to hydrolysis) is 1. The van der Waals surface area contributed by atoms with Crippen LogP contribution < -0.4 is 10.1 Å². The number of fused-ring (bicyclic) bond motifs is 6. The van der Waals surface area contributed by atoms with Gasteiger partial charge in [-0.25, -0.2) is 19.6 Å². The van der Waals surface area contributed by atoms with Gasteiger partial charge in [-0.1, -0.05) is 32.0 Å². The van der Waals surface area contributed by atoms with Crippen LogP contribution in [0.4, 0.5) is 9.59 Å². The molecular weight excluding hydrogens is 678 g/mol. The monoisotopic (exact) mass is 721 g/mol. The van der Waals surface area contributed by atoms with Crippen molar-refractivity contribution in [2.24, 2.45) is 11.8 Å². The summed E-state index contributed by atoms with van der Waals surface area (Å²) in [5.41, 5.74) is 6.55. The maximum atomic E-state index is 13.7. The Balaban J connectivity index is 1.06. The van der Waals surface area contributed by atoms with Gasteiger partial charge in [0.25, 0.3) is 0 Å². The third-order valence-electron chi connectivity index (χ3n) is 10.9. The minimum absolute atomic E-state index is 0.118. The Morgan fingerprint density at radius 2 is 1.89 bits per heavy atom. The minimum Gasteiger partial charge on any atom is -0.488 e. The summed E-state index contributed by atoms with van der Waals surface area (Å²) < 4.78 is 16.4. The maximum Gasteiger partial charge on any atom is 0.407 e. The predicted molar refractivity (Wildman–Crippen MR) is 196 cm³/mol. The summed E-state index contributed by atoms with van der Waals surface area (Å²) in [6.07, 6.45) is 2.42. The van der Waals surface area contributed by atoms with Crippen LogP contribution in [0.3, 0.4) is 0 Å². The number of nitrogens with one attached hydrogen (secondary N) is 3. The van der Waals surface area contributed by atoms with Gasteiger partial charge in [-0.05, 0) is 71.5 Å². The molecule has 4 atom stereocenters. The van der Waals surface area contributed by atoms with Crippen molar-refractivity contribution in [3.63, 3.8) is 0 Å². The smallest absolute Gasteiger partial charge is 0.407 e. The Morgan fingerprint density at radius 1 is 1.04 bits per heavy atom. The molecule has 0 unspecified atom stereocenters. The third-order valence-corrected chi connectivity index (χ3v) is 10.9. The van der Waals surface area contributed by atoms with Crippen LogP contribution in [0.1, 0.15) is 62.4 Å². The summed E-state index contributed by atoms with van der Waals surface area (Å²) in [4.78, 5) is 57.4. The number of nitrogens with zero attached hydrogens (tertiary/aromatic N) is 4. The molecule has 53 heavy (non-hydrogen) atoms. The largest absolute Gasteiger partial charge is 0.488 e. The Morgan fingerprint density at radius 3 is 2.66 bits per heavy atom. The van der Waals surface area contributed by atoms with Crippen LogP contribution in [-0.2, 0) is 20.9 Å². The van der Waals surface area contributed by atoms with E-state index < -0.39 is 18.2 Å². The summed E-state index contributed by atoms with van der Waals surface area (Å²) in [5.74, 6) is 1.97. The Kier molecular flexibility index (Phi) is 8.93. The average molecular weight is 722 g/mol. The standard InChI is InChI=1S/C39H43N7O7/c1-20(2)33(44-38(48)52-4)37(47)45-11-5-6-30(45)36-41-28-10-8-22-14-27-25-9-7-23(13-24(25)19-53-32(27)15-26(22)34(28)43-36)29-16-40-35(42-29)31-12-21(18-51-3)17-46(31)39(49)50/h7-10,13-16,20-21,30-31,33H,5-6,11-12,17-19H2,1-4H3,(H,40,42)(H,41,43)(H,44,48)(H,49,50)/t21-,30-,31-,33-/m0/s1. The van der Waals surface area contributed by atoms with Crippen LogP contribution in [0.5, 0.6) is 5.75 Å². The molecule has 3 aromatic carbocycles. The highest BCUT2D eigenvalue weighted by Gasteiger charge is 2.39. The van der Waals surface area contributed by atoms with Crippen molar-refractivity contribution < 1.29 is 33.7 Å². The van der Waals surface area contributed by atoms with E-state index in [1.54, 1.807) is 13.3 Å². The number of carbonyl (C=O) groups excluding carboxylic acids is 2. The molecule has 5 heterocycles. The van der Waals surface area contributed by atoms with E-state index in [9.17, 15) is 19.5 Å². The van der Waals surface area contributed by atoms with Crippen molar-refractivity contribution in [2.75, 3.05) is 33.9 Å². The molecule has 4 N–H and O–H groups in total. The van der Waals surface area contributed by atoms with Gasteiger partial charge in [-0.15, -0.1) is 0 Å². The highest BCUT2D eigenvalue weighted by Crippen LogP contribution is 2.43. The molecule has 0 radical (unpaired) electrons. The van der Waals surface area contributed by atoms with Crippen molar-refractivity contribution >= 4 is 39.9 Å². The third kappa shape index (κ3) is 6.20. The van der Waals surface area contributed by atoms with E-state index in [-0.39, 0.29) is 29.8 Å². The van der Waals surface area contributed by atoms with Crippen molar-refractivity contribution in [1.29, 1.82) is 0 Å². The summed E-state index contributed by atoms with van der Waals surface area (Å²) in [6, 6.07) is 13.2. The first-order valence-corrected chi connectivity index (χ1v) is 18.0. The van der Waals surface area contributed by atoms with E-state index in [0.29, 0.717) is 38.5 Å². The number of likely N-dealkylation sites (tertiary alicyclic amines) is 2. The zero-order valence-electron chi connectivity index (χ0n) is 30.1. The van der Waals surface area contributed by atoms with Crippen molar-refractivity contribution in [3.05, 3.63) is 65.9 Å². The van der Waals surface area contributed by atoms with Crippen LogP contribution in [0.15, 0.2) is 48.7 Å². The molecule has 3 aliphatic heterocycles. The number of hydrogen-bond acceptors (Lipinski definition) is 8. The van der Waals surface area contributed by atoms with E-state index in [1.807, 2.05) is 24.8 Å². The van der Waals surface area contributed by atoms with Gasteiger partial charge in [0, 0.05) is 37.1 Å². The van der Waals surface area contributed by atoms with Gasteiger partial charge in [0.1, 0.15) is 30.0 Å². The number of amides is 3. The van der Waals surface area contributed by atoms with Crippen molar-refractivity contribution in [2.45, 2.75) is 57.8 Å². The summed E-state index contributed by atoms with van der Waals surface area (Å²) in [5, 5.41) is 14.5. The van der Waals surface area contributed by atoms with Gasteiger partial charge in [0.2, 0.25) is 5.91 Å². The van der Waals surface area contributed by atoms with Crippen molar-refractivity contribution in [1.82, 2.24) is 35.1 Å². The van der Waals surface area contributed by atoms with Crippen molar-refractivity contribution in [3.8, 4) is 28.1 Å². The fourth-order valence-corrected chi connectivity index (χ4v) is 8.23. The zero-order valence-corrected chi connectivity index (χ0v) is 30.1. The van der Waals surface area contributed by atoms with Gasteiger partial charge < -0.3 is 39.5 Å². The van der Waals surface area contributed by atoms with Crippen LogP contribution in [0, 0.1) is 11.8 Å². The van der Waals surface area contributed by atoms with E-state index in [4.69, 9.17) is 19.2 Å². The minimum atomic E-state index is -0.962. The molecule has 5 aromatic rings. The van der Waals surface area contributed by atoms with Crippen LogP contribution in [0.2, 0.25) is 0 Å². The SMILES string of the molecule is COC[C@H]1C[C@@H](c2ncc(-c3ccc4c(c3)COc3cc5c(ccc6nc([C@@H]7CCCN7C(=O)[C@@H](NC(=O)OC)C(C)C)[nH]c65)cc3-4)[nH]2)N(C(=O)O)C1. The first-order valence-electron chi connectivity index (χ1n) is 18.0. The molecule has 0 saturated carbocycles. The lowest BCUT2D eigenvalue weighted by molar-refractivity contribution is -0.135. The molecule has 3 aliphatic rings. The number of aromatic nitrogens is 4. The topological polar surface area (TPSA) is 175 Å². The fraction of sp³-hybridized carbons (Fsp3) is 0.410. The van der Waals surface area contributed by atoms with E-state index in [0.717, 1.165) is 74.2 Å². The highest BCUT2D eigenvalue weighted by atomic mass is 16.5. The number of carbonyl (C=O) groups is 3. The Bertz CT molecular complexity index is 2230. The van der Waals surface area contributed by atoms with Gasteiger partial charge in [-0.2, -0.15) is 0 Å². The molecule has 0 aliphatic carbocycles. The first kappa shape index (κ1) is 34.5.